The number of thiocarbonyl (C=S) groups is 1. The van der Waals surface area contributed by atoms with Crippen LogP contribution >= 0.6 is 12.2 Å². The van der Waals surface area contributed by atoms with Crippen molar-refractivity contribution in [2.75, 3.05) is 6.61 Å². The zero-order valence-corrected chi connectivity index (χ0v) is 12.1. The Morgan fingerprint density at radius 3 is 2.95 bits per heavy atom. The molecule has 21 heavy (non-hydrogen) atoms. The van der Waals surface area contributed by atoms with Crippen molar-refractivity contribution < 1.29 is 14.3 Å². The summed E-state index contributed by atoms with van der Waals surface area (Å²) in [5, 5.41) is 2.58. The number of ether oxygens (including phenoxy) is 1. The molecule has 0 unspecified atom stereocenters. The lowest BCUT2D eigenvalue weighted by molar-refractivity contribution is -0.125. The fraction of sp³-hybridized carbons (Fsp3) is 0.133. The van der Waals surface area contributed by atoms with Crippen LogP contribution in [0.5, 0.6) is 5.75 Å². The molecule has 5 nitrogen and oxygen atoms in total. The Kier molecular flexibility index (Phi) is 3.31. The largest absolute Gasteiger partial charge is 0.488 e. The van der Waals surface area contributed by atoms with Gasteiger partial charge in [0.15, 0.2) is 5.11 Å². The summed E-state index contributed by atoms with van der Waals surface area (Å²) < 4.78 is 5.62. The number of carbonyl (C=O) groups is 2. The van der Waals surface area contributed by atoms with Crippen LogP contribution in [0.1, 0.15) is 12.5 Å². The van der Waals surface area contributed by atoms with E-state index < -0.39 is 0 Å². The maximum atomic E-state index is 11.9. The molecule has 1 fully saturated rings. The van der Waals surface area contributed by atoms with E-state index in [4.69, 9.17) is 17.0 Å². The topological polar surface area (TPSA) is 58.6 Å². The molecule has 0 aromatic heterocycles. The number of nitrogens with one attached hydrogen (secondary N) is 1. The first-order valence-corrected chi connectivity index (χ1v) is 6.77. The van der Waals surface area contributed by atoms with Gasteiger partial charge in [0.25, 0.3) is 5.91 Å². The zero-order chi connectivity index (χ0) is 15.0. The van der Waals surface area contributed by atoms with Gasteiger partial charge in [0.2, 0.25) is 5.91 Å². The van der Waals surface area contributed by atoms with Gasteiger partial charge >= 0.3 is 0 Å². The zero-order valence-electron chi connectivity index (χ0n) is 11.3. The lowest BCUT2D eigenvalue weighted by Gasteiger charge is -2.17. The van der Waals surface area contributed by atoms with Crippen molar-refractivity contribution in [3.63, 3.8) is 0 Å². The second kappa shape index (κ2) is 5.14. The fourth-order valence-corrected chi connectivity index (χ4v) is 2.58. The maximum Gasteiger partial charge on any atom is 0.274 e. The number of para-hydroxylation sites is 1. The minimum atomic E-state index is -0.380. The van der Waals surface area contributed by atoms with E-state index in [1.807, 2.05) is 30.3 Å². The predicted molar refractivity (Wildman–Crippen MR) is 81.3 cm³/mol. The second-order valence-corrected chi connectivity index (χ2v) is 5.08. The number of benzene rings is 1. The van der Waals surface area contributed by atoms with Crippen molar-refractivity contribution in [1.82, 2.24) is 10.2 Å². The van der Waals surface area contributed by atoms with Crippen molar-refractivity contribution in [3.05, 3.63) is 47.2 Å². The summed E-state index contributed by atoms with van der Waals surface area (Å²) in [5.74, 6) is 0.117. The van der Waals surface area contributed by atoms with Crippen LogP contribution in [0.3, 0.4) is 0 Å². The molecular weight excluding hydrogens is 288 g/mol. The minimum absolute atomic E-state index is 0.108. The Morgan fingerprint density at radius 1 is 1.43 bits per heavy atom. The highest BCUT2D eigenvalue weighted by molar-refractivity contribution is 7.80. The van der Waals surface area contributed by atoms with Crippen LogP contribution in [0.15, 0.2) is 41.6 Å². The van der Waals surface area contributed by atoms with Crippen molar-refractivity contribution in [2.45, 2.75) is 6.92 Å². The SMILES string of the molecule is CC(=O)N1C(=S)NC(=O)/C1=C\C1=Cc2ccccc2OC1. The van der Waals surface area contributed by atoms with Crippen LogP contribution in [-0.2, 0) is 9.59 Å². The molecular formula is C15H12N2O3S. The molecule has 2 amide bonds. The van der Waals surface area contributed by atoms with E-state index in [-0.39, 0.29) is 22.6 Å². The molecule has 0 saturated carbocycles. The lowest BCUT2D eigenvalue weighted by Crippen LogP contribution is -2.31. The van der Waals surface area contributed by atoms with E-state index in [0.717, 1.165) is 16.9 Å². The molecule has 6 heteroatoms. The number of amides is 2. The van der Waals surface area contributed by atoms with Gasteiger partial charge in [-0.25, -0.2) is 0 Å². The van der Waals surface area contributed by atoms with Crippen LogP contribution in [0.4, 0.5) is 0 Å². The molecule has 2 aliphatic heterocycles. The molecule has 2 aliphatic rings. The Hall–Kier alpha value is -2.47. The molecule has 0 atom stereocenters. The summed E-state index contributed by atoms with van der Waals surface area (Å²) in [6.07, 6.45) is 3.56. The van der Waals surface area contributed by atoms with Crippen LogP contribution in [0.2, 0.25) is 0 Å². The number of carbonyl (C=O) groups excluding carboxylic acids is 2. The summed E-state index contributed by atoms with van der Waals surface area (Å²) in [7, 11) is 0. The third-order valence-corrected chi connectivity index (χ3v) is 3.47. The van der Waals surface area contributed by atoms with Gasteiger partial charge in [-0.15, -0.1) is 0 Å². The van der Waals surface area contributed by atoms with E-state index in [1.165, 1.54) is 11.8 Å². The summed E-state index contributed by atoms with van der Waals surface area (Å²) in [6.45, 7) is 1.70. The second-order valence-electron chi connectivity index (χ2n) is 4.69. The smallest absolute Gasteiger partial charge is 0.274 e. The molecule has 0 radical (unpaired) electrons. The molecule has 0 spiro atoms. The third-order valence-electron chi connectivity index (χ3n) is 3.19. The van der Waals surface area contributed by atoms with Gasteiger partial charge in [0.05, 0.1) is 0 Å². The molecule has 2 heterocycles. The predicted octanol–water partition coefficient (Wildman–Crippen LogP) is 1.61. The highest BCUT2D eigenvalue weighted by Gasteiger charge is 2.33. The van der Waals surface area contributed by atoms with Gasteiger partial charge in [0, 0.05) is 12.5 Å². The van der Waals surface area contributed by atoms with Gasteiger partial charge in [-0.05, 0) is 36.0 Å². The first kappa shape index (κ1) is 13.5. The normalized spacial score (nSPS) is 19.0. The monoisotopic (exact) mass is 300 g/mol. The van der Waals surface area contributed by atoms with Crippen molar-refractivity contribution >= 4 is 35.2 Å². The van der Waals surface area contributed by atoms with Crippen LogP contribution in [0.25, 0.3) is 6.08 Å². The molecule has 1 N–H and O–H groups in total. The van der Waals surface area contributed by atoms with E-state index in [9.17, 15) is 9.59 Å². The molecule has 0 aliphatic carbocycles. The van der Waals surface area contributed by atoms with Crippen LogP contribution in [0, 0.1) is 0 Å². The van der Waals surface area contributed by atoms with Crippen LogP contribution < -0.4 is 10.1 Å². The summed E-state index contributed by atoms with van der Waals surface area (Å²) in [4.78, 5) is 24.7. The summed E-state index contributed by atoms with van der Waals surface area (Å²) in [6, 6.07) is 7.62. The summed E-state index contributed by atoms with van der Waals surface area (Å²) >= 11 is 4.98. The molecule has 0 bridgehead atoms. The maximum absolute atomic E-state index is 11.9. The number of hydrogen-bond acceptors (Lipinski definition) is 4. The van der Waals surface area contributed by atoms with E-state index in [1.54, 1.807) is 6.08 Å². The third kappa shape index (κ3) is 2.45. The Labute approximate surface area is 126 Å². The molecule has 3 rings (SSSR count). The average molecular weight is 300 g/mol. The quantitative estimate of drug-likeness (QED) is 0.632. The van der Waals surface area contributed by atoms with E-state index >= 15 is 0 Å². The number of rotatable bonds is 1. The number of hydrogen-bond donors (Lipinski definition) is 1. The van der Waals surface area contributed by atoms with E-state index in [2.05, 4.69) is 5.32 Å². The standard InChI is InChI=1S/C15H12N2O3S/c1-9(18)17-12(14(19)16-15(17)21)7-10-6-11-4-2-3-5-13(11)20-8-10/h2-7H,8H2,1H3,(H,16,19,21)/b12-7+. The first-order valence-electron chi connectivity index (χ1n) is 6.36. The van der Waals surface area contributed by atoms with Gasteiger partial charge in [-0.1, -0.05) is 18.2 Å². The van der Waals surface area contributed by atoms with Crippen molar-refractivity contribution in [3.8, 4) is 5.75 Å². The Bertz CT molecular complexity index is 721. The molecule has 1 saturated heterocycles. The molecule has 1 aromatic carbocycles. The van der Waals surface area contributed by atoms with E-state index in [0.29, 0.717) is 6.61 Å². The average Bonchev–Trinajstić information content (AvgIpc) is 2.73. The van der Waals surface area contributed by atoms with Gasteiger partial charge in [-0.2, -0.15) is 0 Å². The summed E-state index contributed by atoms with van der Waals surface area (Å²) in [5.41, 5.74) is 1.96. The molecule has 106 valence electrons. The van der Waals surface area contributed by atoms with Crippen LogP contribution in [-0.4, -0.2) is 28.4 Å². The first-order chi connectivity index (χ1) is 10.1. The minimum Gasteiger partial charge on any atom is -0.488 e. The lowest BCUT2D eigenvalue weighted by atomic mass is 10.1. The number of nitrogens with zero attached hydrogens (tertiary/aromatic N) is 1. The van der Waals surface area contributed by atoms with Gasteiger partial charge in [0.1, 0.15) is 18.1 Å². The Morgan fingerprint density at radius 2 is 2.19 bits per heavy atom. The van der Waals surface area contributed by atoms with Gasteiger partial charge in [-0.3, -0.25) is 19.8 Å². The highest BCUT2D eigenvalue weighted by Crippen LogP contribution is 2.27. The Balaban J connectivity index is 1.98. The molecule has 1 aromatic rings. The fourth-order valence-electron chi connectivity index (χ4n) is 2.26. The number of fused-ring (bicyclic) bond motifs is 1. The van der Waals surface area contributed by atoms with Crippen molar-refractivity contribution in [2.24, 2.45) is 0 Å². The highest BCUT2D eigenvalue weighted by atomic mass is 32.1. The van der Waals surface area contributed by atoms with Gasteiger partial charge < -0.3 is 4.74 Å². The van der Waals surface area contributed by atoms with Crippen molar-refractivity contribution in [1.29, 1.82) is 0 Å².